The molecule has 35 heavy (non-hydrogen) atoms. The van der Waals surface area contributed by atoms with Crippen LogP contribution in [0.5, 0.6) is 0 Å². The van der Waals surface area contributed by atoms with E-state index in [0.717, 1.165) is 58.9 Å². The van der Waals surface area contributed by atoms with E-state index in [-0.39, 0.29) is 11.8 Å². The molecule has 0 aromatic heterocycles. The van der Waals surface area contributed by atoms with Crippen LogP contribution in [-0.4, -0.2) is 86.8 Å². The van der Waals surface area contributed by atoms with Gasteiger partial charge in [0, 0.05) is 58.9 Å². The van der Waals surface area contributed by atoms with Gasteiger partial charge >= 0.3 is 0 Å². The van der Waals surface area contributed by atoms with Gasteiger partial charge in [0.15, 0.2) is 0 Å². The Labute approximate surface area is 212 Å². The number of carbonyl (C=O) groups is 2. The number of carbonyl (C=O) groups excluding carboxylic acids is 2. The van der Waals surface area contributed by atoms with E-state index >= 15 is 0 Å². The summed E-state index contributed by atoms with van der Waals surface area (Å²) in [5, 5.41) is 13.3. The Morgan fingerprint density at radius 1 is 1.11 bits per heavy atom. The van der Waals surface area contributed by atoms with Crippen molar-refractivity contribution < 1.29 is 9.59 Å². The van der Waals surface area contributed by atoms with Gasteiger partial charge < -0.3 is 26.2 Å². The first-order valence-corrected chi connectivity index (χ1v) is 14.0. The second-order valence-electron chi connectivity index (χ2n) is 11.5. The van der Waals surface area contributed by atoms with Crippen molar-refractivity contribution in [2.24, 2.45) is 29.6 Å². The monoisotopic (exact) mass is 488 g/mol. The lowest BCUT2D eigenvalue weighted by atomic mass is 9.69. The molecule has 3 saturated heterocycles. The van der Waals surface area contributed by atoms with Gasteiger partial charge in [0.2, 0.25) is 11.8 Å². The third-order valence-corrected chi connectivity index (χ3v) is 8.81. The first-order valence-electron chi connectivity index (χ1n) is 14.0. The van der Waals surface area contributed by atoms with Gasteiger partial charge in [0.1, 0.15) is 0 Å². The lowest BCUT2D eigenvalue weighted by Crippen LogP contribution is -2.57. The summed E-state index contributed by atoms with van der Waals surface area (Å²) in [6, 6.07) is 0. The molecule has 8 nitrogen and oxygen atoms in total. The van der Waals surface area contributed by atoms with E-state index in [1.807, 2.05) is 0 Å². The molecule has 0 saturated carbocycles. The van der Waals surface area contributed by atoms with Gasteiger partial charge in [-0.1, -0.05) is 25.5 Å². The molecule has 1 aliphatic carbocycles. The maximum Gasteiger partial charge on any atom is 0.225 e. The summed E-state index contributed by atoms with van der Waals surface area (Å²) in [5.74, 6) is 2.09. The number of hydrogen-bond donors (Lipinski definition) is 4. The molecule has 4 N–H and O–H groups in total. The summed E-state index contributed by atoms with van der Waals surface area (Å²) in [4.78, 5) is 30.5. The quantitative estimate of drug-likeness (QED) is 0.405. The predicted molar refractivity (Wildman–Crippen MR) is 139 cm³/mol. The highest BCUT2D eigenvalue weighted by Crippen LogP contribution is 2.39. The largest absolute Gasteiger partial charge is 0.355 e. The second-order valence-corrected chi connectivity index (χ2v) is 11.5. The van der Waals surface area contributed by atoms with Gasteiger partial charge in [-0.15, -0.1) is 0 Å². The first-order chi connectivity index (χ1) is 16.9. The molecule has 3 fully saturated rings. The molecule has 0 aromatic carbocycles. The molecule has 0 aromatic rings. The number of allylic oxidation sites excluding steroid dienone is 1. The number of amides is 2. The number of piperidine rings is 1. The second kappa shape index (κ2) is 12.7. The first kappa shape index (κ1) is 26.6. The van der Waals surface area contributed by atoms with Gasteiger partial charge in [0.05, 0.1) is 12.1 Å². The normalized spacial score (nSPS) is 31.3. The van der Waals surface area contributed by atoms with Crippen LogP contribution in [0, 0.1) is 29.6 Å². The fraction of sp³-hybridized carbons (Fsp3) is 0.852. The highest BCUT2D eigenvalue weighted by molar-refractivity contribution is 5.79. The molecular weight excluding hydrogens is 440 g/mol. The Morgan fingerprint density at radius 3 is 2.51 bits per heavy atom. The number of rotatable bonds is 7. The van der Waals surface area contributed by atoms with E-state index in [1.165, 1.54) is 24.8 Å². The van der Waals surface area contributed by atoms with Crippen molar-refractivity contribution in [3.8, 4) is 0 Å². The molecule has 2 amide bonds. The van der Waals surface area contributed by atoms with Crippen molar-refractivity contribution in [1.29, 1.82) is 0 Å². The summed E-state index contributed by atoms with van der Waals surface area (Å²) < 4.78 is 0. The lowest BCUT2D eigenvalue weighted by Gasteiger charge is -2.42. The Balaban J connectivity index is 1.28. The van der Waals surface area contributed by atoms with Crippen molar-refractivity contribution >= 4 is 11.8 Å². The van der Waals surface area contributed by atoms with Crippen LogP contribution in [0.1, 0.15) is 52.9 Å². The predicted octanol–water partition coefficient (Wildman–Crippen LogP) is 1.36. The number of piperazine rings is 1. The van der Waals surface area contributed by atoms with Gasteiger partial charge in [-0.2, -0.15) is 0 Å². The average molecular weight is 489 g/mol. The number of nitrogens with one attached hydrogen (secondary N) is 4. The molecule has 0 radical (unpaired) electrons. The SMILES string of the molecule is CC1=C[C@@H](CNC(=O)C2CNCNC2)[C@H](C(C)C)C[C@H]1CC(=O)N1CCN(C2CCCCN2)CC1. The standard InChI is InChI=1S/C27H48N6O2/c1-19(2)24-13-21(20(3)12-22(24)17-31-27(35)23-15-28-18-29-16-23)14-26(34)33-10-8-32(9-11-33)25-6-4-5-7-30-25/h12,19,21-25,28-30H,4-11,13-18H2,1-3H3,(H,31,35)/t21-,22-,24-,25?/m0/s1. The zero-order valence-corrected chi connectivity index (χ0v) is 22.2. The molecule has 1 unspecified atom stereocenters. The van der Waals surface area contributed by atoms with Crippen LogP contribution in [-0.2, 0) is 9.59 Å². The summed E-state index contributed by atoms with van der Waals surface area (Å²) in [6.07, 6.45) is 8.32. The van der Waals surface area contributed by atoms with Crippen LogP contribution in [0.4, 0.5) is 0 Å². The van der Waals surface area contributed by atoms with E-state index in [0.29, 0.717) is 48.7 Å². The summed E-state index contributed by atoms with van der Waals surface area (Å²) >= 11 is 0. The minimum Gasteiger partial charge on any atom is -0.355 e. The van der Waals surface area contributed by atoms with Gasteiger partial charge in [-0.05, 0) is 62.8 Å². The van der Waals surface area contributed by atoms with Crippen molar-refractivity contribution in [3.05, 3.63) is 11.6 Å². The van der Waals surface area contributed by atoms with Crippen LogP contribution in [0.25, 0.3) is 0 Å². The van der Waals surface area contributed by atoms with Gasteiger partial charge in [-0.25, -0.2) is 0 Å². The minimum absolute atomic E-state index is 0.00496. The Bertz CT molecular complexity index is 736. The van der Waals surface area contributed by atoms with Crippen molar-refractivity contribution in [1.82, 2.24) is 31.1 Å². The maximum atomic E-state index is 13.2. The molecule has 8 heteroatoms. The van der Waals surface area contributed by atoms with Crippen molar-refractivity contribution in [2.45, 2.75) is 59.0 Å². The molecule has 4 rings (SSSR count). The average Bonchev–Trinajstić information content (AvgIpc) is 2.89. The van der Waals surface area contributed by atoms with E-state index in [4.69, 9.17) is 0 Å². The highest BCUT2D eigenvalue weighted by atomic mass is 16.2. The molecule has 198 valence electrons. The topological polar surface area (TPSA) is 88.7 Å². The molecule has 4 atom stereocenters. The number of hydrogen-bond acceptors (Lipinski definition) is 6. The molecular formula is C27H48N6O2. The highest BCUT2D eigenvalue weighted by Gasteiger charge is 2.35. The lowest BCUT2D eigenvalue weighted by molar-refractivity contribution is -0.134. The smallest absolute Gasteiger partial charge is 0.225 e. The minimum atomic E-state index is -0.00496. The van der Waals surface area contributed by atoms with Gasteiger partial charge in [0.25, 0.3) is 0 Å². The van der Waals surface area contributed by atoms with Crippen LogP contribution in [0.2, 0.25) is 0 Å². The Morgan fingerprint density at radius 2 is 1.86 bits per heavy atom. The van der Waals surface area contributed by atoms with Crippen molar-refractivity contribution in [3.63, 3.8) is 0 Å². The summed E-state index contributed by atoms with van der Waals surface area (Å²) in [6.45, 7) is 14.4. The fourth-order valence-corrected chi connectivity index (χ4v) is 6.48. The van der Waals surface area contributed by atoms with Crippen LogP contribution < -0.4 is 21.3 Å². The van der Waals surface area contributed by atoms with Crippen LogP contribution in [0.15, 0.2) is 11.6 Å². The van der Waals surface area contributed by atoms with Gasteiger partial charge in [-0.3, -0.25) is 14.5 Å². The molecule has 0 bridgehead atoms. The summed E-state index contributed by atoms with van der Waals surface area (Å²) in [5.41, 5.74) is 1.32. The number of nitrogens with zero attached hydrogens (tertiary/aromatic N) is 2. The fourth-order valence-electron chi connectivity index (χ4n) is 6.48. The van der Waals surface area contributed by atoms with E-state index in [1.54, 1.807) is 0 Å². The third kappa shape index (κ3) is 7.06. The molecule has 3 aliphatic heterocycles. The van der Waals surface area contributed by atoms with Crippen LogP contribution >= 0.6 is 0 Å². The summed E-state index contributed by atoms with van der Waals surface area (Å²) in [7, 11) is 0. The molecule has 3 heterocycles. The van der Waals surface area contributed by atoms with Crippen LogP contribution in [0.3, 0.4) is 0 Å². The van der Waals surface area contributed by atoms with E-state index in [9.17, 15) is 9.59 Å². The Hall–Kier alpha value is -1.48. The molecule has 0 spiro atoms. The molecule has 4 aliphatic rings. The van der Waals surface area contributed by atoms with Crippen molar-refractivity contribution in [2.75, 3.05) is 59.0 Å². The van der Waals surface area contributed by atoms with E-state index < -0.39 is 0 Å². The zero-order chi connectivity index (χ0) is 24.8. The van der Waals surface area contributed by atoms with E-state index in [2.05, 4.69) is 57.9 Å². The zero-order valence-electron chi connectivity index (χ0n) is 22.2. The Kier molecular flexibility index (Phi) is 9.61. The maximum absolute atomic E-state index is 13.2. The third-order valence-electron chi connectivity index (χ3n) is 8.81.